The molecule has 0 spiro atoms. The fourth-order valence-electron chi connectivity index (χ4n) is 3.73. The van der Waals surface area contributed by atoms with E-state index in [1.54, 1.807) is 4.90 Å². The summed E-state index contributed by atoms with van der Waals surface area (Å²) in [5.74, 6) is 0.266. The van der Waals surface area contributed by atoms with Crippen molar-refractivity contribution in [2.45, 2.75) is 51.3 Å². The van der Waals surface area contributed by atoms with E-state index in [2.05, 4.69) is 10.6 Å². The lowest BCUT2D eigenvalue weighted by molar-refractivity contribution is -0.134. The lowest BCUT2D eigenvalue weighted by Gasteiger charge is -2.30. The zero-order chi connectivity index (χ0) is 19.4. The third kappa shape index (κ3) is 4.42. The van der Waals surface area contributed by atoms with Crippen molar-refractivity contribution in [2.75, 3.05) is 19.8 Å². The van der Waals surface area contributed by atoms with E-state index in [0.29, 0.717) is 25.3 Å². The summed E-state index contributed by atoms with van der Waals surface area (Å²) < 4.78 is 6.07. The molecule has 0 radical (unpaired) electrons. The van der Waals surface area contributed by atoms with Crippen LogP contribution in [0.25, 0.3) is 0 Å². The van der Waals surface area contributed by atoms with Gasteiger partial charge in [-0.2, -0.15) is 0 Å². The smallest absolute Gasteiger partial charge is 0.242 e. The number of rotatable bonds is 3. The molecule has 1 saturated heterocycles. The molecule has 3 aliphatic heterocycles. The van der Waals surface area contributed by atoms with Gasteiger partial charge in [0.15, 0.2) is 0 Å². The van der Waals surface area contributed by atoms with E-state index in [9.17, 15) is 14.7 Å². The molecule has 7 heteroatoms. The van der Waals surface area contributed by atoms with Gasteiger partial charge in [0.1, 0.15) is 23.9 Å². The summed E-state index contributed by atoms with van der Waals surface area (Å²) in [6.07, 6.45) is 1.76. The van der Waals surface area contributed by atoms with Crippen molar-refractivity contribution in [1.29, 1.82) is 0 Å². The van der Waals surface area contributed by atoms with Crippen LogP contribution in [0.5, 0.6) is 5.75 Å². The Balaban J connectivity index is 1.91. The summed E-state index contributed by atoms with van der Waals surface area (Å²) in [5, 5.41) is 15.5. The highest BCUT2D eigenvalue weighted by Gasteiger charge is 2.42. The Bertz CT molecular complexity index is 664. The van der Waals surface area contributed by atoms with Crippen LogP contribution in [-0.2, 0) is 16.0 Å². The van der Waals surface area contributed by atoms with Gasteiger partial charge in [-0.3, -0.25) is 14.5 Å². The second-order valence-electron chi connectivity index (χ2n) is 7.40. The number of fused-ring (bicyclic) bond motifs is 8. The van der Waals surface area contributed by atoms with Gasteiger partial charge in [-0.15, -0.1) is 0 Å². The van der Waals surface area contributed by atoms with Crippen molar-refractivity contribution >= 4 is 11.8 Å². The molecule has 1 aromatic carbocycles. The monoisotopic (exact) mass is 375 g/mol. The fourth-order valence-corrected chi connectivity index (χ4v) is 3.73. The van der Waals surface area contributed by atoms with Crippen LogP contribution in [0.1, 0.15) is 32.3 Å². The van der Waals surface area contributed by atoms with Gasteiger partial charge in [0.05, 0.1) is 6.73 Å². The van der Waals surface area contributed by atoms with Crippen molar-refractivity contribution in [3.63, 3.8) is 0 Å². The van der Waals surface area contributed by atoms with E-state index < -0.39 is 12.1 Å². The minimum absolute atomic E-state index is 0.00322. The molecule has 0 aromatic heterocycles. The zero-order valence-corrected chi connectivity index (χ0v) is 16.0. The highest BCUT2D eigenvalue weighted by molar-refractivity contribution is 5.90. The average molecular weight is 375 g/mol. The lowest BCUT2D eigenvalue weighted by Crippen LogP contribution is -2.57. The molecular weight excluding hydrogens is 346 g/mol. The van der Waals surface area contributed by atoms with Crippen molar-refractivity contribution in [1.82, 2.24) is 15.5 Å². The molecule has 7 nitrogen and oxygen atoms in total. The van der Waals surface area contributed by atoms with Crippen LogP contribution in [0.4, 0.5) is 0 Å². The molecule has 4 rings (SSSR count). The topological polar surface area (TPSA) is 90.9 Å². The standard InChI is InChI=1S/C20H29N3O4/c1-3-13(2)17-19(25)21-10-8-14-4-6-15(7-5-14)27-16-9-11-23(12-24)18(16)20(26)22-17/h4-7,13,16-18,24H,3,8-12H2,1-2H3,(H,21,25)(H,22,26). The maximum atomic E-state index is 13.0. The molecule has 2 amide bonds. The SMILES string of the molecule is CCC(C)C1NC(=O)C2C(CCN2CO)Oc2ccc(cc2)CCNC1=O. The normalized spacial score (nSPS) is 27.9. The van der Waals surface area contributed by atoms with E-state index in [0.717, 1.165) is 18.4 Å². The van der Waals surface area contributed by atoms with Crippen LogP contribution >= 0.6 is 0 Å². The maximum Gasteiger partial charge on any atom is 0.242 e. The van der Waals surface area contributed by atoms with Gasteiger partial charge in [-0.25, -0.2) is 0 Å². The van der Waals surface area contributed by atoms with E-state index in [-0.39, 0.29) is 30.6 Å². The van der Waals surface area contributed by atoms with E-state index in [1.807, 2.05) is 38.1 Å². The van der Waals surface area contributed by atoms with Gasteiger partial charge in [0.2, 0.25) is 11.8 Å². The number of amides is 2. The number of nitrogens with one attached hydrogen (secondary N) is 2. The Hall–Kier alpha value is -2.12. The quantitative estimate of drug-likeness (QED) is 0.722. The van der Waals surface area contributed by atoms with Crippen LogP contribution in [-0.4, -0.2) is 59.8 Å². The van der Waals surface area contributed by atoms with Gasteiger partial charge in [0.25, 0.3) is 0 Å². The minimum atomic E-state index is -0.628. The second kappa shape index (κ2) is 8.71. The third-order valence-electron chi connectivity index (χ3n) is 5.61. The molecule has 3 N–H and O–H groups in total. The highest BCUT2D eigenvalue weighted by atomic mass is 16.5. The summed E-state index contributed by atoms with van der Waals surface area (Å²) in [5.41, 5.74) is 1.11. The molecule has 1 fully saturated rings. The highest BCUT2D eigenvalue weighted by Crippen LogP contribution is 2.25. The van der Waals surface area contributed by atoms with Crippen LogP contribution in [0.2, 0.25) is 0 Å². The Morgan fingerprint density at radius 3 is 2.67 bits per heavy atom. The number of hydrogen-bond acceptors (Lipinski definition) is 5. The molecule has 148 valence electrons. The fraction of sp³-hybridized carbons (Fsp3) is 0.600. The number of hydrogen-bond donors (Lipinski definition) is 3. The number of benzene rings is 1. The number of ether oxygens (including phenoxy) is 1. The van der Waals surface area contributed by atoms with Crippen molar-refractivity contribution in [3.05, 3.63) is 29.8 Å². The summed E-state index contributed by atoms with van der Waals surface area (Å²) in [7, 11) is 0. The Morgan fingerprint density at radius 2 is 2.00 bits per heavy atom. The van der Waals surface area contributed by atoms with E-state index in [4.69, 9.17) is 4.74 Å². The molecular formula is C20H29N3O4. The van der Waals surface area contributed by atoms with Crippen molar-refractivity contribution in [2.24, 2.45) is 5.92 Å². The molecule has 0 aliphatic carbocycles. The first-order chi connectivity index (χ1) is 13.0. The third-order valence-corrected chi connectivity index (χ3v) is 5.61. The summed E-state index contributed by atoms with van der Waals surface area (Å²) in [6.45, 7) is 4.81. The van der Waals surface area contributed by atoms with Crippen molar-refractivity contribution < 1.29 is 19.4 Å². The van der Waals surface area contributed by atoms with Gasteiger partial charge in [-0.1, -0.05) is 32.4 Å². The number of likely N-dealkylation sites (tertiary alicyclic amines) is 1. The number of aliphatic hydroxyl groups is 1. The Labute approximate surface area is 160 Å². The molecule has 1 aromatic rings. The van der Waals surface area contributed by atoms with Crippen molar-refractivity contribution in [3.8, 4) is 5.75 Å². The number of carbonyl (C=O) groups is 2. The van der Waals surface area contributed by atoms with E-state index in [1.165, 1.54) is 0 Å². The van der Waals surface area contributed by atoms with Gasteiger partial charge >= 0.3 is 0 Å². The van der Waals surface area contributed by atoms with Crippen LogP contribution in [0.15, 0.2) is 24.3 Å². The molecule has 27 heavy (non-hydrogen) atoms. The first-order valence-corrected chi connectivity index (χ1v) is 9.72. The van der Waals surface area contributed by atoms with Gasteiger partial charge < -0.3 is 20.5 Å². The molecule has 0 saturated carbocycles. The Morgan fingerprint density at radius 1 is 1.26 bits per heavy atom. The number of aliphatic hydroxyl groups excluding tert-OH is 1. The molecule has 4 atom stereocenters. The van der Waals surface area contributed by atoms with Gasteiger partial charge in [0, 0.05) is 13.1 Å². The number of nitrogens with zero attached hydrogens (tertiary/aromatic N) is 1. The van der Waals surface area contributed by atoms with E-state index >= 15 is 0 Å². The Kier molecular flexibility index (Phi) is 6.34. The van der Waals surface area contributed by atoms with Crippen LogP contribution in [0.3, 0.4) is 0 Å². The summed E-state index contributed by atoms with van der Waals surface area (Å²) in [6, 6.07) is 6.51. The zero-order valence-electron chi connectivity index (χ0n) is 16.0. The maximum absolute atomic E-state index is 13.0. The minimum Gasteiger partial charge on any atom is -0.488 e. The number of carbonyl (C=O) groups excluding carboxylic acids is 2. The molecule has 3 aliphatic rings. The lowest BCUT2D eigenvalue weighted by atomic mass is 9.97. The van der Waals surface area contributed by atoms with Crippen LogP contribution < -0.4 is 15.4 Å². The molecule has 4 unspecified atom stereocenters. The second-order valence-corrected chi connectivity index (χ2v) is 7.40. The average Bonchev–Trinajstić information content (AvgIpc) is 3.08. The predicted molar refractivity (Wildman–Crippen MR) is 101 cm³/mol. The molecule has 2 bridgehead atoms. The summed E-state index contributed by atoms with van der Waals surface area (Å²) >= 11 is 0. The largest absolute Gasteiger partial charge is 0.488 e. The summed E-state index contributed by atoms with van der Waals surface area (Å²) in [4.78, 5) is 27.4. The van der Waals surface area contributed by atoms with Crippen LogP contribution in [0, 0.1) is 5.92 Å². The van der Waals surface area contributed by atoms with Gasteiger partial charge in [-0.05, 0) is 36.5 Å². The first-order valence-electron chi connectivity index (χ1n) is 9.72. The predicted octanol–water partition coefficient (Wildman–Crippen LogP) is 0.661. The molecule has 3 heterocycles. The first kappa shape index (κ1) is 19.6.